The summed E-state index contributed by atoms with van der Waals surface area (Å²) in [5.41, 5.74) is 0. The molecule has 0 N–H and O–H groups in total. The van der Waals surface area contributed by atoms with E-state index in [9.17, 15) is 4.79 Å². The highest BCUT2D eigenvalue weighted by Gasteiger charge is 2.24. The van der Waals surface area contributed by atoms with Crippen molar-refractivity contribution in [2.24, 2.45) is 5.92 Å². The Bertz CT molecular complexity index is 221. The molecule has 1 aliphatic heterocycles. The summed E-state index contributed by atoms with van der Waals surface area (Å²) in [6, 6.07) is 0.493. The zero-order valence-corrected chi connectivity index (χ0v) is 9.87. The molecule has 1 unspecified atom stereocenters. The lowest BCUT2D eigenvalue weighted by molar-refractivity contribution is -0.122. The van der Waals surface area contributed by atoms with Crippen LogP contribution in [0.5, 0.6) is 0 Å². The summed E-state index contributed by atoms with van der Waals surface area (Å²) in [4.78, 5) is 13.8. The van der Waals surface area contributed by atoms with E-state index in [1.54, 1.807) is 0 Å². The summed E-state index contributed by atoms with van der Waals surface area (Å²) in [6.07, 6.45) is 8.71. The summed E-state index contributed by atoms with van der Waals surface area (Å²) in [7, 11) is 0. The predicted octanol–water partition coefficient (Wildman–Crippen LogP) is 2.62. The topological polar surface area (TPSA) is 20.3 Å². The van der Waals surface area contributed by atoms with Crippen LogP contribution in [0, 0.1) is 5.92 Å². The molecule has 1 atom stereocenters. The summed E-state index contributed by atoms with van der Waals surface area (Å²) in [6.45, 7) is 4.43. The molecule has 1 saturated heterocycles. The summed E-state index contributed by atoms with van der Waals surface area (Å²) in [5, 5.41) is 0. The Kier molecular flexibility index (Phi) is 3.79. The quantitative estimate of drug-likeness (QED) is 0.712. The van der Waals surface area contributed by atoms with E-state index in [1.165, 1.54) is 38.6 Å². The highest BCUT2D eigenvalue weighted by atomic mass is 16.1. The van der Waals surface area contributed by atoms with Crippen LogP contribution in [0.2, 0.25) is 0 Å². The smallest absolute Gasteiger partial charge is 0.135 e. The van der Waals surface area contributed by atoms with Crippen molar-refractivity contribution in [3.8, 4) is 0 Å². The molecule has 0 amide bonds. The molecule has 2 fully saturated rings. The molecule has 0 aromatic rings. The number of hydrogen-bond donors (Lipinski definition) is 0. The highest BCUT2D eigenvalue weighted by Crippen LogP contribution is 2.28. The molecular formula is C13H23NO. The highest BCUT2D eigenvalue weighted by molar-refractivity contribution is 5.79. The van der Waals surface area contributed by atoms with Crippen molar-refractivity contribution in [1.29, 1.82) is 0 Å². The van der Waals surface area contributed by atoms with Gasteiger partial charge in [-0.1, -0.05) is 25.7 Å². The van der Waals surface area contributed by atoms with E-state index in [0.717, 1.165) is 25.3 Å². The first-order chi connectivity index (χ1) is 7.25. The van der Waals surface area contributed by atoms with Gasteiger partial charge < -0.3 is 0 Å². The standard InChI is InChI=1S/C13H23NO/c1-11-10-13(15)7-9-14(11)8-6-12-4-2-3-5-12/h11-12H,2-10H2,1H3. The lowest BCUT2D eigenvalue weighted by atomic mass is 9.99. The summed E-state index contributed by atoms with van der Waals surface area (Å²) in [5.74, 6) is 1.44. The van der Waals surface area contributed by atoms with Crippen molar-refractivity contribution in [2.45, 2.75) is 57.9 Å². The van der Waals surface area contributed by atoms with Crippen LogP contribution in [0.1, 0.15) is 51.9 Å². The Morgan fingerprint density at radius 3 is 2.73 bits per heavy atom. The fourth-order valence-corrected chi connectivity index (χ4v) is 3.03. The van der Waals surface area contributed by atoms with Crippen molar-refractivity contribution in [3.63, 3.8) is 0 Å². The third-order valence-corrected chi connectivity index (χ3v) is 4.12. The molecule has 2 nitrogen and oxygen atoms in total. The first kappa shape index (κ1) is 11.1. The molecule has 1 aliphatic carbocycles. The Balaban J connectivity index is 1.71. The minimum absolute atomic E-state index is 0.458. The van der Waals surface area contributed by atoms with E-state index < -0.39 is 0 Å². The maximum Gasteiger partial charge on any atom is 0.135 e. The normalized spacial score (nSPS) is 29.9. The molecule has 1 saturated carbocycles. The predicted molar refractivity (Wildman–Crippen MR) is 61.9 cm³/mol. The molecular weight excluding hydrogens is 186 g/mol. The van der Waals surface area contributed by atoms with Crippen LogP contribution < -0.4 is 0 Å². The second-order valence-electron chi connectivity index (χ2n) is 5.32. The van der Waals surface area contributed by atoms with Gasteiger partial charge >= 0.3 is 0 Å². The summed E-state index contributed by atoms with van der Waals surface area (Å²) >= 11 is 0. The van der Waals surface area contributed by atoms with Crippen molar-refractivity contribution >= 4 is 5.78 Å². The minimum atomic E-state index is 0.458. The van der Waals surface area contributed by atoms with E-state index in [2.05, 4.69) is 11.8 Å². The number of likely N-dealkylation sites (tertiary alicyclic amines) is 1. The van der Waals surface area contributed by atoms with Crippen molar-refractivity contribution in [3.05, 3.63) is 0 Å². The van der Waals surface area contributed by atoms with E-state index in [1.807, 2.05) is 0 Å². The Hall–Kier alpha value is -0.370. The number of nitrogens with zero attached hydrogens (tertiary/aromatic N) is 1. The second-order valence-corrected chi connectivity index (χ2v) is 5.32. The van der Waals surface area contributed by atoms with Gasteiger partial charge in [-0.2, -0.15) is 0 Å². The number of ketones is 1. The van der Waals surface area contributed by atoms with Crippen LogP contribution in [0.15, 0.2) is 0 Å². The van der Waals surface area contributed by atoms with Crippen LogP contribution in [0.25, 0.3) is 0 Å². The van der Waals surface area contributed by atoms with E-state index in [0.29, 0.717) is 11.8 Å². The molecule has 0 spiro atoms. The van der Waals surface area contributed by atoms with E-state index >= 15 is 0 Å². The third-order valence-electron chi connectivity index (χ3n) is 4.12. The van der Waals surface area contributed by atoms with Gasteiger partial charge in [-0.15, -0.1) is 0 Å². The Morgan fingerprint density at radius 1 is 1.33 bits per heavy atom. The lowest BCUT2D eigenvalue weighted by Crippen LogP contribution is -2.41. The molecule has 15 heavy (non-hydrogen) atoms. The lowest BCUT2D eigenvalue weighted by Gasteiger charge is -2.33. The molecule has 0 aromatic carbocycles. The van der Waals surface area contributed by atoms with Crippen LogP contribution in [-0.4, -0.2) is 29.8 Å². The number of Topliss-reactive ketones (excluding diaryl/α,β-unsaturated/α-hetero) is 1. The fourth-order valence-electron chi connectivity index (χ4n) is 3.03. The van der Waals surface area contributed by atoms with Gasteiger partial charge in [-0.25, -0.2) is 0 Å². The average molecular weight is 209 g/mol. The molecule has 2 aliphatic rings. The fraction of sp³-hybridized carbons (Fsp3) is 0.923. The van der Waals surface area contributed by atoms with Crippen molar-refractivity contribution < 1.29 is 4.79 Å². The van der Waals surface area contributed by atoms with Gasteiger partial charge in [0.2, 0.25) is 0 Å². The molecule has 2 rings (SSSR count). The largest absolute Gasteiger partial charge is 0.300 e. The number of carbonyl (C=O) groups excluding carboxylic acids is 1. The molecule has 0 bridgehead atoms. The van der Waals surface area contributed by atoms with Gasteiger partial charge in [0.1, 0.15) is 5.78 Å². The monoisotopic (exact) mass is 209 g/mol. The van der Waals surface area contributed by atoms with Crippen LogP contribution in [0.3, 0.4) is 0 Å². The first-order valence-corrected chi connectivity index (χ1v) is 6.51. The number of hydrogen-bond acceptors (Lipinski definition) is 2. The van der Waals surface area contributed by atoms with Crippen LogP contribution >= 0.6 is 0 Å². The number of carbonyl (C=O) groups is 1. The molecule has 86 valence electrons. The van der Waals surface area contributed by atoms with Crippen molar-refractivity contribution in [2.75, 3.05) is 13.1 Å². The first-order valence-electron chi connectivity index (χ1n) is 6.51. The Labute approximate surface area is 93.0 Å². The minimum Gasteiger partial charge on any atom is -0.300 e. The zero-order chi connectivity index (χ0) is 10.7. The second kappa shape index (κ2) is 5.11. The third kappa shape index (κ3) is 3.04. The average Bonchev–Trinajstić information content (AvgIpc) is 2.69. The van der Waals surface area contributed by atoms with Gasteiger partial charge in [0.25, 0.3) is 0 Å². The molecule has 1 heterocycles. The van der Waals surface area contributed by atoms with Gasteiger partial charge in [0.15, 0.2) is 0 Å². The molecule has 2 heteroatoms. The Morgan fingerprint density at radius 2 is 2.07 bits per heavy atom. The van der Waals surface area contributed by atoms with Gasteiger partial charge in [0.05, 0.1) is 0 Å². The molecule has 0 aromatic heterocycles. The van der Waals surface area contributed by atoms with Crippen LogP contribution in [0.4, 0.5) is 0 Å². The van der Waals surface area contributed by atoms with Gasteiger partial charge in [0, 0.05) is 25.4 Å². The van der Waals surface area contributed by atoms with Crippen molar-refractivity contribution in [1.82, 2.24) is 4.90 Å². The maximum absolute atomic E-state index is 11.3. The van der Waals surface area contributed by atoms with Gasteiger partial charge in [-0.3, -0.25) is 9.69 Å². The number of piperidine rings is 1. The SMILES string of the molecule is CC1CC(=O)CCN1CCC1CCCC1. The number of rotatable bonds is 3. The van der Waals surface area contributed by atoms with Gasteiger partial charge in [-0.05, 0) is 25.8 Å². The summed E-state index contributed by atoms with van der Waals surface area (Å²) < 4.78 is 0. The van der Waals surface area contributed by atoms with Crippen LogP contribution in [-0.2, 0) is 4.79 Å². The maximum atomic E-state index is 11.3. The van der Waals surface area contributed by atoms with E-state index in [-0.39, 0.29) is 0 Å². The molecule has 0 radical (unpaired) electrons. The zero-order valence-electron chi connectivity index (χ0n) is 9.87. The van der Waals surface area contributed by atoms with E-state index in [4.69, 9.17) is 0 Å².